The molecule has 2 aliphatic heterocycles. The van der Waals surface area contributed by atoms with Gasteiger partial charge in [-0.15, -0.1) is 0 Å². The maximum atomic E-state index is 16.2. The summed E-state index contributed by atoms with van der Waals surface area (Å²) < 4.78 is 50.2. The van der Waals surface area contributed by atoms with Crippen molar-refractivity contribution in [3.05, 3.63) is 117 Å². The van der Waals surface area contributed by atoms with Gasteiger partial charge in [0.05, 0.1) is 22.8 Å². The zero-order valence-electron chi connectivity index (χ0n) is 23.7. The zero-order valence-corrected chi connectivity index (χ0v) is 25.3. The highest BCUT2D eigenvalue weighted by Crippen LogP contribution is 2.51. The molecule has 1 amide bonds. The Bertz CT molecular complexity index is 1820. The lowest BCUT2D eigenvalue weighted by Crippen LogP contribution is -2.42. The van der Waals surface area contributed by atoms with Gasteiger partial charge in [0.1, 0.15) is 35.7 Å². The van der Waals surface area contributed by atoms with E-state index in [-0.39, 0.29) is 52.1 Å². The predicted octanol–water partition coefficient (Wildman–Crippen LogP) is 6.97. The van der Waals surface area contributed by atoms with E-state index in [1.54, 1.807) is 30.3 Å². The van der Waals surface area contributed by atoms with E-state index in [2.05, 4.69) is 5.32 Å². The standard InChI is InChI=1S/C33H31FN2O5S2/c1-33(2)17-26-32(43(39,40)20-33)31(24-12-11-23(16-25(24)34)41-18-22-13-14-42-19-22)36(27-9-6-10-28(37)30(27)35-26)29(38)15-21-7-4-3-5-8-21/h3-14,16,19,31,35,37H,15,17-18,20H2,1-2H3/t31-/m1/s1. The number of ether oxygens (including phenoxy) is 1. The van der Waals surface area contributed by atoms with E-state index in [0.717, 1.165) is 5.56 Å². The van der Waals surface area contributed by atoms with Crippen LogP contribution in [0.25, 0.3) is 0 Å². The normalized spacial score (nSPS) is 18.7. The van der Waals surface area contributed by atoms with E-state index in [4.69, 9.17) is 4.74 Å². The molecule has 0 bridgehead atoms. The Morgan fingerprint density at radius 2 is 1.88 bits per heavy atom. The Morgan fingerprint density at radius 1 is 1.09 bits per heavy atom. The molecule has 43 heavy (non-hydrogen) atoms. The van der Waals surface area contributed by atoms with Crippen LogP contribution in [0.4, 0.5) is 15.8 Å². The van der Waals surface area contributed by atoms with Gasteiger partial charge >= 0.3 is 0 Å². The molecule has 1 atom stereocenters. The van der Waals surface area contributed by atoms with Crippen molar-refractivity contribution in [2.75, 3.05) is 16.0 Å². The first-order chi connectivity index (χ1) is 20.5. The molecule has 222 valence electrons. The number of nitrogens with one attached hydrogen (secondary N) is 1. The number of thiophene rings is 1. The number of allylic oxidation sites excluding steroid dienone is 1. The van der Waals surface area contributed by atoms with Gasteiger partial charge in [-0.3, -0.25) is 9.69 Å². The molecule has 0 spiro atoms. The molecular weight excluding hydrogens is 588 g/mol. The summed E-state index contributed by atoms with van der Waals surface area (Å²) in [5.41, 5.74) is 1.82. The predicted molar refractivity (Wildman–Crippen MR) is 166 cm³/mol. The molecule has 0 saturated carbocycles. The maximum Gasteiger partial charge on any atom is 0.232 e. The summed E-state index contributed by atoms with van der Waals surface area (Å²) in [5, 5.41) is 18.0. The number of para-hydroxylation sites is 1. The summed E-state index contributed by atoms with van der Waals surface area (Å²) in [5.74, 6) is -1.21. The Morgan fingerprint density at radius 3 is 2.60 bits per heavy atom. The molecule has 0 saturated heterocycles. The molecule has 3 heterocycles. The fraction of sp³-hybridized carbons (Fsp3) is 0.242. The minimum absolute atomic E-state index is 0.0121. The first kappa shape index (κ1) is 28.9. The Hall–Kier alpha value is -4.15. The summed E-state index contributed by atoms with van der Waals surface area (Å²) in [6, 6.07) is 18.6. The fourth-order valence-corrected chi connectivity index (χ4v) is 8.89. The van der Waals surface area contributed by atoms with Crippen LogP contribution in [0.2, 0.25) is 0 Å². The van der Waals surface area contributed by atoms with Crippen LogP contribution in [0.1, 0.15) is 43.0 Å². The van der Waals surface area contributed by atoms with Crippen LogP contribution in [0.5, 0.6) is 11.5 Å². The second-order valence-corrected chi connectivity index (χ2v) is 14.4. The van der Waals surface area contributed by atoms with E-state index in [1.165, 1.54) is 34.4 Å². The van der Waals surface area contributed by atoms with Crippen molar-refractivity contribution in [3.63, 3.8) is 0 Å². The molecule has 0 unspecified atom stereocenters. The van der Waals surface area contributed by atoms with Crippen molar-refractivity contribution in [2.24, 2.45) is 5.41 Å². The Labute approximate surface area is 254 Å². The summed E-state index contributed by atoms with van der Waals surface area (Å²) in [4.78, 5) is 15.5. The van der Waals surface area contributed by atoms with Crippen LogP contribution >= 0.6 is 11.3 Å². The topological polar surface area (TPSA) is 95.9 Å². The van der Waals surface area contributed by atoms with Crippen molar-refractivity contribution < 1.29 is 27.4 Å². The Kier molecular flexibility index (Phi) is 7.52. The summed E-state index contributed by atoms with van der Waals surface area (Å²) in [6.45, 7) is 3.95. The molecule has 0 aliphatic carbocycles. The molecular formula is C33H31FN2O5S2. The minimum Gasteiger partial charge on any atom is -0.506 e. The van der Waals surface area contributed by atoms with E-state index in [1.807, 2.05) is 48.9 Å². The van der Waals surface area contributed by atoms with E-state index >= 15 is 4.39 Å². The highest BCUT2D eigenvalue weighted by atomic mass is 32.2. The molecule has 7 nitrogen and oxygen atoms in total. The highest BCUT2D eigenvalue weighted by Gasteiger charge is 2.47. The monoisotopic (exact) mass is 618 g/mol. The maximum absolute atomic E-state index is 16.2. The third-order valence-corrected chi connectivity index (χ3v) is 10.7. The lowest BCUT2D eigenvalue weighted by atomic mass is 9.88. The van der Waals surface area contributed by atoms with E-state index in [9.17, 15) is 18.3 Å². The van der Waals surface area contributed by atoms with Crippen LogP contribution in [0, 0.1) is 11.2 Å². The van der Waals surface area contributed by atoms with E-state index in [0.29, 0.717) is 17.7 Å². The largest absolute Gasteiger partial charge is 0.506 e. The smallest absolute Gasteiger partial charge is 0.232 e. The van der Waals surface area contributed by atoms with Crippen LogP contribution < -0.4 is 15.0 Å². The lowest BCUT2D eigenvalue weighted by Gasteiger charge is -2.37. The molecule has 1 aromatic heterocycles. The van der Waals surface area contributed by atoms with Gasteiger partial charge in [0.15, 0.2) is 9.84 Å². The van der Waals surface area contributed by atoms with Crippen molar-refractivity contribution in [2.45, 2.75) is 39.3 Å². The fourth-order valence-electron chi connectivity index (χ4n) is 5.88. The van der Waals surface area contributed by atoms with Gasteiger partial charge in [-0.2, -0.15) is 11.3 Å². The number of amides is 1. The van der Waals surface area contributed by atoms with Crippen molar-refractivity contribution in [3.8, 4) is 11.5 Å². The average molecular weight is 619 g/mol. The number of carbonyl (C=O) groups excluding carboxylic acids is 1. The Balaban J connectivity index is 1.54. The number of sulfone groups is 1. The number of halogens is 1. The number of phenolic OH excluding ortho intramolecular Hbond substituents is 1. The number of benzene rings is 3. The minimum atomic E-state index is -4.00. The SMILES string of the molecule is CC1(C)CC2=C([C@@H](c3ccc(OCc4ccsc4)cc3F)N(C(=O)Cc3ccccc3)c3cccc(O)c3N2)S(=O)(=O)C1. The van der Waals surface area contributed by atoms with Gasteiger partial charge in [-0.05, 0) is 64.1 Å². The number of aromatic hydroxyl groups is 1. The van der Waals surface area contributed by atoms with Gasteiger partial charge < -0.3 is 15.2 Å². The number of rotatable bonds is 6. The number of anilines is 2. The van der Waals surface area contributed by atoms with Crippen LogP contribution in [0.15, 0.2) is 94.2 Å². The zero-order chi connectivity index (χ0) is 30.4. The third-order valence-electron chi connectivity index (χ3n) is 7.65. The molecule has 3 aromatic carbocycles. The highest BCUT2D eigenvalue weighted by molar-refractivity contribution is 7.95. The molecule has 10 heteroatoms. The molecule has 2 aliphatic rings. The number of hydrogen-bond acceptors (Lipinski definition) is 7. The first-order valence-electron chi connectivity index (χ1n) is 13.9. The summed E-state index contributed by atoms with van der Waals surface area (Å²) in [7, 11) is -4.00. The quantitative estimate of drug-likeness (QED) is 0.227. The van der Waals surface area contributed by atoms with Crippen LogP contribution in [-0.4, -0.2) is 25.2 Å². The summed E-state index contributed by atoms with van der Waals surface area (Å²) >= 11 is 1.53. The van der Waals surface area contributed by atoms with Gasteiger partial charge in [-0.25, -0.2) is 12.8 Å². The number of carbonyl (C=O) groups is 1. The molecule has 2 N–H and O–H groups in total. The summed E-state index contributed by atoms with van der Waals surface area (Å²) in [6.07, 6.45) is 0.250. The molecule has 0 fully saturated rings. The van der Waals surface area contributed by atoms with Gasteiger partial charge in [0.25, 0.3) is 0 Å². The first-order valence-corrected chi connectivity index (χ1v) is 16.5. The molecule has 0 radical (unpaired) electrons. The number of fused-ring (bicyclic) bond motifs is 1. The average Bonchev–Trinajstić information content (AvgIpc) is 3.41. The van der Waals surface area contributed by atoms with Crippen LogP contribution in [0.3, 0.4) is 0 Å². The van der Waals surface area contributed by atoms with Gasteiger partial charge in [-0.1, -0.05) is 50.2 Å². The van der Waals surface area contributed by atoms with E-state index < -0.39 is 33.0 Å². The lowest BCUT2D eigenvalue weighted by molar-refractivity contribution is -0.118. The number of hydrogen-bond donors (Lipinski definition) is 2. The molecule has 6 rings (SSSR count). The van der Waals surface area contributed by atoms with Crippen LogP contribution in [-0.2, 0) is 27.7 Å². The van der Waals surface area contributed by atoms with Crippen molar-refractivity contribution in [1.82, 2.24) is 0 Å². The van der Waals surface area contributed by atoms with Crippen molar-refractivity contribution >= 4 is 38.5 Å². The second kappa shape index (κ2) is 11.2. The molecule has 4 aromatic rings. The third kappa shape index (κ3) is 5.77. The van der Waals surface area contributed by atoms with Crippen molar-refractivity contribution in [1.29, 1.82) is 0 Å². The van der Waals surface area contributed by atoms with Gasteiger partial charge in [0.2, 0.25) is 5.91 Å². The number of nitrogens with zero attached hydrogens (tertiary/aromatic N) is 1. The number of phenols is 1. The second-order valence-electron chi connectivity index (χ2n) is 11.7. The van der Waals surface area contributed by atoms with Gasteiger partial charge in [0, 0.05) is 17.3 Å².